The minimum atomic E-state index is -0.369. The smallest absolute Gasteiger partial charge is 0.224 e. The summed E-state index contributed by atoms with van der Waals surface area (Å²) in [6.45, 7) is 0. The van der Waals surface area contributed by atoms with Crippen molar-refractivity contribution in [3.8, 4) is 11.3 Å². The first-order valence-corrected chi connectivity index (χ1v) is 8.09. The Balaban J connectivity index is 2.13. The van der Waals surface area contributed by atoms with Crippen molar-refractivity contribution in [1.29, 1.82) is 0 Å². The minimum Gasteiger partial charge on any atom is -0.399 e. The molecule has 0 saturated carbocycles. The van der Waals surface area contributed by atoms with Crippen LogP contribution in [0, 0.1) is 0 Å². The fourth-order valence-electron chi connectivity index (χ4n) is 2.69. The number of anilines is 2. The Bertz CT molecular complexity index is 733. The summed E-state index contributed by atoms with van der Waals surface area (Å²) in [5.74, 6) is 0.410. The van der Waals surface area contributed by atoms with E-state index in [1.165, 1.54) is 3.97 Å². The zero-order chi connectivity index (χ0) is 16.4. The van der Waals surface area contributed by atoms with Gasteiger partial charge in [-0.1, -0.05) is 6.42 Å². The van der Waals surface area contributed by atoms with Crippen LogP contribution < -0.4 is 16.8 Å². The Labute approximate surface area is 137 Å². The van der Waals surface area contributed by atoms with Crippen LogP contribution in [0.3, 0.4) is 0 Å². The van der Waals surface area contributed by atoms with Gasteiger partial charge < -0.3 is 16.8 Å². The number of halogens is 1. The molecule has 8 heteroatoms. The number of nitrogens with zero attached hydrogens (tertiary/aromatic N) is 2. The van der Waals surface area contributed by atoms with Crippen molar-refractivity contribution >= 4 is 29.6 Å². The maximum absolute atomic E-state index is 13.2. The summed E-state index contributed by atoms with van der Waals surface area (Å²) >= 11 is 0.0676. The zero-order valence-corrected chi connectivity index (χ0v) is 13.3. The number of hydrogen-bond acceptors (Lipinski definition) is 5. The van der Waals surface area contributed by atoms with Crippen molar-refractivity contribution in [2.75, 3.05) is 11.1 Å². The molecule has 1 atom stereocenters. The summed E-state index contributed by atoms with van der Waals surface area (Å²) in [6, 6.07) is 4.80. The average molecular weight is 335 g/mol. The molecule has 0 fully saturated rings. The molecule has 0 aliphatic carbocycles. The number of hydrogen-bond donors (Lipinski definition) is 3. The van der Waals surface area contributed by atoms with Gasteiger partial charge in [-0.25, -0.2) is 8.96 Å². The van der Waals surface area contributed by atoms with Crippen molar-refractivity contribution in [3.05, 3.63) is 30.2 Å². The highest BCUT2D eigenvalue weighted by molar-refractivity contribution is 7.92. The van der Waals surface area contributed by atoms with Gasteiger partial charge in [-0.15, -0.1) is 3.89 Å². The molecule has 1 unspecified atom stereocenters. The molecule has 0 radical (unpaired) electrons. The lowest BCUT2D eigenvalue weighted by molar-refractivity contribution is -0.116. The molecule has 2 heterocycles. The number of amides is 1. The predicted molar refractivity (Wildman–Crippen MR) is 90.2 cm³/mol. The van der Waals surface area contributed by atoms with Crippen molar-refractivity contribution in [2.45, 2.75) is 31.7 Å². The molecule has 2 aromatic rings. The number of carbonyl (C=O) groups is 1. The Morgan fingerprint density at radius 3 is 3.00 bits per heavy atom. The highest BCUT2D eigenvalue weighted by Gasteiger charge is 2.20. The van der Waals surface area contributed by atoms with E-state index >= 15 is 0 Å². The number of benzene rings is 1. The van der Waals surface area contributed by atoms with Gasteiger partial charge in [-0.2, -0.15) is 0 Å². The van der Waals surface area contributed by atoms with Gasteiger partial charge in [0.15, 0.2) is 12.3 Å². The third-order valence-corrected chi connectivity index (χ3v) is 4.31. The number of rotatable bonds is 1. The van der Waals surface area contributed by atoms with Gasteiger partial charge in [0.2, 0.25) is 5.91 Å². The monoisotopic (exact) mass is 335 g/mol. The lowest BCUT2D eigenvalue weighted by Gasteiger charge is -2.13. The molecule has 1 aromatic carbocycles. The van der Waals surface area contributed by atoms with Crippen LogP contribution in [0.1, 0.15) is 37.5 Å². The molecule has 2 bridgehead atoms. The highest BCUT2D eigenvalue weighted by atomic mass is 32.2. The Kier molecular flexibility index (Phi) is 4.53. The number of fused-ring (bicyclic) bond motifs is 4. The van der Waals surface area contributed by atoms with Crippen LogP contribution in [0.4, 0.5) is 15.3 Å². The molecule has 1 aromatic heterocycles. The molecular formula is C15H18FN5OS. The number of aromatic nitrogens is 2. The van der Waals surface area contributed by atoms with Gasteiger partial charge in [-0.3, -0.25) is 4.79 Å². The maximum atomic E-state index is 13.2. The lowest BCUT2D eigenvalue weighted by Crippen LogP contribution is -2.16. The van der Waals surface area contributed by atoms with E-state index in [4.69, 9.17) is 11.5 Å². The number of imidazole rings is 1. The molecule has 0 spiro atoms. The van der Waals surface area contributed by atoms with Crippen LogP contribution in [-0.2, 0) is 4.79 Å². The summed E-state index contributed by atoms with van der Waals surface area (Å²) in [5.41, 5.74) is 14.3. The van der Waals surface area contributed by atoms with Crippen molar-refractivity contribution in [2.24, 2.45) is 5.73 Å². The predicted octanol–water partition coefficient (Wildman–Crippen LogP) is 3.03. The molecule has 0 saturated heterocycles. The first-order chi connectivity index (χ1) is 11.1. The van der Waals surface area contributed by atoms with Gasteiger partial charge in [0.1, 0.15) is 5.82 Å². The van der Waals surface area contributed by atoms with Gasteiger partial charge in [0.25, 0.3) is 0 Å². The molecule has 5 N–H and O–H groups in total. The number of nitrogen functional groups attached to an aromatic ring is 1. The molecule has 6 nitrogen and oxygen atoms in total. The fourth-order valence-corrected chi connectivity index (χ4v) is 3.08. The fraction of sp³-hybridized carbons (Fsp3) is 0.333. The Hall–Kier alpha value is -2.06. The number of carbonyl (C=O) groups excluding carboxylic acids is 1. The quantitative estimate of drug-likeness (QED) is 0.696. The average Bonchev–Trinajstić information content (AvgIpc) is 2.95. The van der Waals surface area contributed by atoms with E-state index in [1.54, 1.807) is 24.4 Å². The van der Waals surface area contributed by atoms with Gasteiger partial charge >= 0.3 is 0 Å². The first-order valence-electron chi connectivity index (χ1n) is 7.42. The first kappa shape index (κ1) is 15.8. The van der Waals surface area contributed by atoms with E-state index in [2.05, 4.69) is 10.3 Å². The molecule has 3 rings (SSSR count). The summed E-state index contributed by atoms with van der Waals surface area (Å²) < 4.78 is 14.5. The van der Waals surface area contributed by atoms with E-state index in [0.717, 1.165) is 6.42 Å². The van der Waals surface area contributed by atoms with Crippen LogP contribution >= 0.6 is 12.3 Å². The maximum Gasteiger partial charge on any atom is 0.224 e. The molecular weight excluding hydrogens is 317 g/mol. The number of nitrogens with two attached hydrogens (primary N) is 2. The minimum absolute atomic E-state index is 0.0676. The largest absolute Gasteiger partial charge is 0.399 e. The van der Waals surface area contributed by atoms with Gasteiger partial charge in [0.05, 0.1) is 17.4 Å². The van der Waals surface area contributed by atoms with Crippen LogP contribution in [-0.4, -0.2) is 14.9 Å². The normalized spacial score (nSPS) is 18.5. The molecule has 23 heavy (non-hydrogen) atoms. The highest BCUT2D eigenvalue weighted by Crippen LogP contribution is 2.33. The SMILES string of the molecule is Nc1ccc2c(c1)NC(=O)CCCCC(N)c1nc-2cn1SF. The molecule has 1 aliphatic rings. The van der Waals surface area contributed by atoms with E-state index in [-0.39, 0.29) is 24.3 Å². The van der Waals surface area contributed by atoms with Crippen LogP contribution in [0.2, 0.25) is 0 Å². The summed E-state index contributed by atoms with van der Waals surface area (Å²) in [4.78, 5) is 16.5. The third kappa shape index (κ3) is 3.32. The second-order valence-corrected chi connectivity index (χ2v) is 6.12. The second kappa shape index (κ2) is 6.59. The van der Waals surface area contributed by atoms with Crippen molar-refractivity contribution in [3.63, 3.8) is 0 Å². The van der Waals surface area contributed by atoms with Crippen LogP contribution in [0.15, 0.2) is 24.4 Å². The van der Waals surface area contributed by atoms with Gasteiger partial charge in [0, 0.05) is 23.9 Å². The second-order valence-electron chi connectivity index (χ2n) is 5.58. The van der Waals surface area contributed by atoms with E-state index in [0.29, 0.717) is 47.7 Å². The lowest BCUT2D eigenvalue weighted by atomic mass is 10.1. The summed E-state index contributed by atoms with van der Waals surface area (Å²) in [5, 5.41) is 2.87. The Morgan fingerprint density at radius 2 is 2.22 bits per heavy atom. The molecule has 1 aliphatic heterocycles. The summed E-state index contributed by atoms with van der Waals surface area (Å²) in [6.07, 6.45) is 4.14. The summed E-state index contributed by atoms with van der Waals surface area (Å²) in [7, 11) is 0. The Morgan fingerprint density at radius 1 is 1.39 bits per heavy atom. The molecule has 1 amide bonds. The van der Waals surface area contributed by atoms with Crippen LogP contribution in [0.5, 0.6) is 0 Å². The third-order valence-electron chi connectivity index (χ3n) is 3.87. The van der Waals surface area contributed by atoms with E-state index in [1.807, 2.05) is 0 Å². The van der Waals surface area contributed by atoms with Gasteiger partial charge in [-0.05, 0) is 31.0 Å². The zero-order valence-electron chi connectivity index (χ0n) is 12.5. The standard InChI is InChI=1S/C15H18FN5OS/c16-23-21-8-13-10-6-5-9(17)7-12(10)19-14(22)4-2-1-3-11(18)15(21)20-13/h5-8,11H,1-4,17-18H2,(H,19,22). The topological polar surface area (TPSA) is 99.0 Å². The van der Waals surface area contributed by atoms with E-state index in [9.17, 15) is 8.68 Å². The van der Waals surface area contributed by atoms with Crippen molar-refractivity contribution in [1.82, 2.24) is 8.96 Å². The van der Waals surface area contributed by atoms with Crippen LogP contribution in [0.25, 0.3) is 11.3 Å². The van der Waals surface area contributed by atoms with Crippen molar-refractivity contribution < 1.29 is 8.68 Å². The number of nitrogens with one attached hydrogen (secondary N) is 1. The molecule has 122 valence electrons. The van der Waals surface area contributed by atoms with E-state index < -0.39 is 0 Å².